The van der Waals surface area contributed by atoms with Gasteiger partial charge >= 0.3 is 11.8 Å². The maximum absolute atomic E-state index is 10.9. The molecule has 0 radical (unpaired) electrons. The molecule has 1 aliphatic rings. The molecule has 8 nitrogen and oxygen atoms in total. The van der Waals surface area contributed by atoms with Crippen molar-refractivity contribution in [2.75, 3.05) is 7.11 Å². The van der Waals surface area contributed by atoms with Gasteiger partial charge in [0.1, 0.15) is 5.75 Å². The molecular weight excluding hydrogens is 250 g/mol. The SMILES string of the molecule is COc1ccc(N=C(N)N=C2NC(=O)C(=O)N2)cc1. The van der Waals surface area contributed by atoms with E-state index in [1.54, 1.807) is 31.4 Å². The van der Waals surface area contributed by atoms with E-state index in [1.807, 2.05) is 0 Å². The van der Waals surface area contributed by atoms with E-state index < -0.39 is 11.8 Å². The molecule has 0 aromatic heterocycles. The third-order valence-corrected chi connectivity index (χ3v) is 2.21. The predicted molar refractivity (Wildman–Crippen MR) is 68.0 cm³/mol. The van der Waals surface area contributed by atoms with Gasteiger partial charge in [0.05, 0.1) is 12.8 Å². The summed E-state index contributed by atoms with van der Waals surface area (Å²) >= 11 is 0. The molecule has 0 atom stereocenters. The van der Waals surface area contributed by atoms with E-state index in [4.69, 9.17) is 10.5 Å². The van der Waals surface area contributed by atoms with Gasteiger partial charge in [0.15, 0.2) is 0 Å². The number of methoxy groups -OCH3 is 1. The van der Waals surface area contributed by atoms with Crippen molar-refractivity contribution < 1.29 is 14.3 Å². The Morgan fingerprint density at radius 2 is 1.74 bits per heavy atom. The van der Waals surface area contributed by atoms with Crippen LogP contribution in [-0.4, -0.2) is 30.8 Å². The first-order valence-electron chi connectivity index (χ1n) is 5.28. The quantitative estimate of drug-likeness (QED) is 0.368. The van der Waals surface area contributed by atoms with E-state index in [0.29, 0.717) is 11.4 Å². The fourth-order valence-electron chi connectivity index (χ4n) is 1.34. The first-order valence-corrected chi connectivity index (χ1v) is 5.28. The van der Waals surface area contributed by atoms with Gasteiger partial charge in [-0.25, -0.2) is 4.99 Å². The molecule has 1 heterocycles. The molecule has 0 spiro atoms. The van der Waals surface area contributed by atoms with Crippen LogP contribution in [0.3, 0.4) is 0 Å². The second kappa shape index (κ2) is 5.17. The van der Waals surface area contributed by atoms with Crippen LogP contribution in [0.25, 0.3) is 0 Å². The van der Waals surface area contributed by atoms with Crippen LogP contribution in [0.4, 0.5) is 5.69 Å². The Morgan fingerprint density at radius 1 is 1.16 bits per heavy atom. The number of guanidine groups is 2. The summed E-state index contributed by atoms with van der Waals surface area (Å²) in [6.07, 6.45) is 0. The van der Waals surface area contributed by atoms with E-state index in [2.05, 4.69) is 20.6 Å². The minimum absolute atomic E-state index is 0.0373. The second-order valence-electron chi connectivity index (χ2n) is 3.54. The molecule has 98 valence electrons. The summed E-state index contributed by atoms with van der Waals surface area (Å²) in [5.74, 6) is -1.00. The molecule has 0 saturated carbocycles. The van der Waals surface area contributed by atoms with E-state index in [9.17, 15) is 9.59 Å². The van der Waals surface area contributed by atoms with Crippen LogP contribution in [-0.2, 0) is 9.59 Å². The Hall–Kier alpha value is -2.90. The van der Waals surface area contributed by atoms with E-state index in [0.717, 1.165) is 0 Å². The number of carbonyl (C=O) groups excluding carboxylic acids is 2. The first-order chi connectivity index (χ1) is 9.08. The van der Waals surface area contributed by atoms with Gasteiger partial charge in [0, 0.05) is 0 Å². The molecule has 1 aromatic rings. The summed E-state index contributed by atoms with van der Waals surface area (Å²) in [7, 11) is 1.56. The first kappa shape index (κ1) is 12.6. The summed E-state index contributed by atoms with van der Waals surface area (Å²) in [5.41, 5.74) is 6.14. The number of ether oxygens (including phenoxy) is 1. The number of amides is 2. The molecule has 2 rings (SSSR count). The molecule has 8 heteroatoms. The fraction of sp³-hybridized carbons (Fsp3) is 0.0909. The molecule has 1 aliphatic heterocycles. The lowest BCUT2D eigenvalue weighted by Gasteiger charge is -2.00. The van der Waals surface area contributed by atoms with Crippen molar-refractivity contribution in [1.82, 2.24) is 10.6 Å². The average Bonchev–Trinajstić information content (AvgIpc) is 2.69. The highest BCUT2D eigenvalue weighted by atomic mass is 16.5. The number of hydrogen-bond acceptors (Lipinski definition) is 4. The normalized spacial score (nSPS) is 15.0. The Morgan fingerprint density at radius 3 is 2.26 bits per heavy atom. The van der Waals surface area contributed by atoms with Crippen molar-refractivity contribution >= 4 is 29.4 Å². The third-order valence-electron chi connectivity index (χ3n) is 2.21. The van der Waals surface area contributed by atoms with E-state index >= 15 is 0 Å². The summed E-state index contributed by atoms with van der Waals surface area (Å²) in [5, 5.41) is 4.42. The lowest BCUT2D eigenvalue weighted by Crippen LogP contribution is -2.28. The number of carbonyl (C=O) groups is 2. The molecule has 0 unspecified atom stereocenters. The zero-order valence-electron chi connectivity index (χ0n) is 10.0. The van der Waals surface area contributed by atoms with Gasteiger partial charge < -0.3 is 10.5 Å². The Labute approximate surface area is 108 Å². The lowest BCUT2D eigenvalue weighted by molar-refractivity contribution is -0.135. The number of hydrogen-bond donors (Lipinski definition) is 3. The molecule has 1 fully saturated rings. The smallest absolute Gasteiger partial charge is 0.316 e. The molecule has 1 aromatic carbocycles. The lowest BCUT2D eigenvalue weighted by atomic mass is 10.3. The average molecular weight is 261 g/mol. The third kappa shape index (κ3) is 3.06. The van der Waals surface area contributed by atoms with Crippen molar-refractivity contribution in [3.05, 3.63) is 24.3 Å². The molecule has 2 amide bonds. The van der Waals surface area contributed by atoms with Crippen LogP contribution < -0.4 is 21.1 Å². The van der Waals surface area contributed by atoms with Crippen LogP contribution in [0, 0.1) is 0 Å². The van der Waals surface area contributed by atoms with Crippen LogP contribution in [0.1, 0.15) is 0 Å². The summed E-state index contributed by atoms with van der Waals surface area (Å²) < 4.78 is 5.00. The van der Waals surface area contributed by atoms with Crippen molar-refractivity contribution in [2.24, 2.45) is 15.7 Å². The van der Waals surface area contributed by atoms with Crippen molar-refractivity contribution in [1.29, 1.82) is 0 Å². The molecule has 0 bridgehead atoms. The molecule has 19 heavy (non-hydrogen) atoms. The van der Waals surface area contributed by atoms with Crippen LogP contribution >= 0.6 is 0 Å². The summed E-state index contributed by atoms with van der Waals surface area (Å²) in [6.45, 7) is 0. The number of nitrogens with one attached hydrogen (secondary N) is 2. The highest BCUT2D eigenvalue weighted by Crippen LogP contribution is 2.17. The minimum atomic E-state index is -0.781. The van der Waals surface area contributed by atoms with Crippen LogP contribution in [0.5, 0.6) is 5.75 Å². The van der Waals surface area contributed by atoms with Crippen molar-refractivity contribution in [2.45, 2.75) is 0 Å². The predicted octanol–water partition coefficient (Wildman–Crippen LogP) is -0.757. The number of benzene rings is 1. The van der Waals surface area contributed by atoms with Gasteiger partial charge in [-0.3, -0.25) is 20.2 Å². The summed E-state index contributed by atoms with van der Waals surface area (Å²) in [6, 6.07) is 6.83. The molecule has 0 aliphatic carbocycles. The fourth-order valence-corrected chi connectivity index (χ4v) is 1.34. The monoisotopic (exact) mass is 261 g/mol. The topological polar surface area (TPSA) is 118 Å². The van der Waals surface area contributed by atoms with Gasteiger partial charge in [0.25, 0.3) is 0 Å². The maximum atomic E-state index is 10.9. The van der Waals surface area contributed by atoms with Crippen molar-refractivity contribution in [3.8, 4) is 5.75 Å². The van der Waals surface area contributed by atoms with Gasteiger partial charge in [-0.2, -0.15) is 4.99 Å². The van der Waals surface area contributed by atoms with Gasteiger partial charge in [-0.05, 0) is 24.3 Å². The Bertz CT molecular complexity index is 558. The largest absolute Gasteiger partial charge is 0.497 e. The second-order valence-corrected chi connectivity index (χ2v) is 3.54. The zero-order valence-corrected chi connectivity index (χ0v) is 10.0. The summed E-state index contributed by atoms with van der Waals surface area (Å²) in [4.78, 5) is 29.6. The Kier molecular flexibility index (Phi) is 3.42. The van der Waals surface area contributed by atoms with E-state index in [-0.39, 0.29) is 11.9 Å². The number of rotatable bonds is 2. The van der Waals surface area contributed by atoms with Gasteiger partial charge in [-0.1, -0.05) is 0 Å². The van der Waals surface area contributed by atoms with Gasteiger partial charge in [0.2, 0.25) is 11.9 Å². The Balaban J connectivity index is 2.12. The maximum Gasteiger partial charge on any atom is 0.316 e. The van der Waals surface area contributed by atoms with E-state index in [1.165, 1.54) is 0 Å². The number of nitrogens with zero attached hydrogens (tertiary/aromatic N) is 2. The van der Waals surface area contributed by atoms with Gasteiger partial charge in [-0.15, -0.1) is 0 Å². The standard InChI is InChI=1S/C11H11N5O3/c1-19-7-4-2-6(3-5-7)13-10(12)16-11-14-8(17)9(18)15-11/h2-5H,1H3,(H4,12,13,14,15,16,17,18). The van der Waals surface area contributed by atoms with Crippen molar-refractivity contribution in [3.63, 3.8) is 0 Å². The van der Waals surface area contributed by atoms with Crippen LogP contribution in [0.15, 0.2) is 34.3 Å². The number of aliphatic imine (C=N–C) groups is 2. The van der Waals surface area contributed by atoms with Crippen LogP contribution in [0.2, 0.25) is 0 Å². The molecule has 4 N–H and O–H groups in total. The number of nitrogens with two attached hydrogens (primary N) is 1. The highest BCUT2D eigenvalue weighted by Gasteiger charge is 2.25. The molecular formula is C11H11N5O3. The zero-order chi connectivity index (χ0) is 13.8. The minimum Gasteiger partial charge on any atom is -0.497 e. The molecule has 1 saturated heterocycles. The highest BCUT2D eigenvalue weighted by molar-refractivity contribution is 6.45.